The maximum Gasteiger partial charge on any atom is 0.411 e. The second kappa shape index (κ2) is 7.69. The molecule has 0 spiro atoms. The van der Waals surface area contributed by atoms with Gasteiger partial charge in [0.25, 0.3) is 0 Å². The first kappa shape index (κ1) is 19.4. The van der Waals surface area contributed by atoms with Crippen molar-refractivity contribution < 1.29 is 22.5 Å². The van der Waals surface area contributed by atoms with E-state index in [2.05, 4.69) is 15.2 Å². The van der Waals surface area contributed by atoms with Gasteiger partial charge in [-0.3, -0.25) is 9.48 Å². The van der Waals surface area contributed by atoms with E-state index < -0.39 is 24.5 Å². The molecule has 1 unspecified atom stereocenters. The minimum atomic E-state index is -4.54. The number of hydrogen-bond donors (Lipinski definition) is 0. The fraction of sp³-hybridized carbons (Fsp3) is 0.647. The molecular formula is C17H22F3N5O2. The van der Waals surface area contributed by atoms with Gasteiger partial charge < -0.3 is 9.42 Å². The van der Waals surface area contributed by atoms with Crippen LogP contribution >= 0.6 is 0 Å². The van der Waals surface area contributed by atoms with Crippen LogP contribution in [0.2, 0.25) is 0 Å². The van der Waals surface area contributed by atoms with Crippen molar-refractivity contribution in [1.29, 1.82) is 0 Å². The lowest BCUT2D eigenvalue weighted by molar-refractivity contribution is -0.177. The summed E-state index contributed by atoms with van der Waals surface area (Å²) in [6, 6.07) is -0.547. The van der Waals surface area contributed by atoms with Gasteiger partial charge in [-0.25, -0.2) is 0 Å². The molecule has 3 heterocycles. The molecule has 0 aromatic carbocycles. The summed E-state index contributed by atoms with van der Waals surface area (Å²) in [5.74, 6) is 0.831. The average molecular weight is 385 g/mol. The lowest BCUT2D eigenvalue weighted by Crippen LogP contribution is -2.41. The lowest BCUT2D eigenvalue weighted by atomic mass is 9.95. The van der Waals surface area contributed by atoms with Gasteiger partial charge >= 0.3 is 6.18 Å². The van der Waals surface area contributed by atoms with Gasteiger partial charge in [-0.05, 0) is 18.9 Å². The first-order valence-corrected chi connectivity index (χ1v) is 8.92. The van der Waals surface area contributed by atoms with Crippen molar-refractivity contribution in [3.05, 3.63) is 30.2 Å². The lowest BCUT2D eigenvalue weighted by Gasteiger charge is -2.32. The molecule has 2 aromatic heterocycles. The third-order valence-corrected chi connectivity index (χ3v) is 4.75. The van der Waals surface area contributed by atoms with Gasteiger partial charge in [0.1, 0.15) is 0 Å². The summed E-state index contributed by atoms with van der Waals surface area (Å²) >= 11 is 0. The van der Waals surface area contributed by atoms with E-state index in [4.69, 9.17) is 4.52 Å². The molecular weight excluding hydrogens is 363 g/mol. The molecule has 1 atom stereocenters. The van der Waals surface area contributed by atoms with Crippen LogP contribution in [0.4, 0.5) is 13.2 Å². The zero-order valence-corrected chi connectivity index (χ0v) is 15.2. The SMILES string of the molecule is CC(C)c1nc(C2CCN(C(=O)CC(n3cccn3)C(F)(F)F)CC2)no1. The van der Waals surface area contributed by atoms with E-state index in [9.17, 15) is 18.0 Å². The molecule has 0 bridgehead atoms. The Balaban J connectivity index is 1.59. The number of carbonyl (C=O) groups is 1. The van der Waals surface area contributed by atoms with E-state index in [1.165, 1.54) is 23.4 Å². The molecule has 0 saturated carbocycles. The zero-order valence-electron chi connectivity index (χ0n) is 15.2. The van der Waals surface area contributed by atoms with Crippen molar-refractivity contribution >= 4 is 5.91 Å². The van der Waals surface area contributed by atoms with E-state index in [0.29, 0.717) is 37.6 Å². The molecule has 148 valence electrons. The highest BCUT2D eigenvalue weighted by atomic mass is 19.4. The molecule has 10 heteroatoms. The monoisotopic (exact) mass is 385 g/mol. The van der Waals surface area contributed by atoms with Gasteiger partial charge in [-0.1, -0.05) is 19.0 Å². The van der Waals surface area contributed by atoms with Crippen molar-refractivity contribution in [2.24, 2.45) is 0 Å². The fourth-order valence-corrected chi connectivity index (χ4v) is 3.15. The number of carbonyl (C=O) groups excluding carboxylic acids is 1. The number of nitrogens with zero attached hydrogens (tertiary/aromatic N) is 5. The van der Waals surface area contributed by atoms with E-state index in [0.717, 1.165) is 4.68 Å². The van der Waals surface area contributed by atoms with Crippen molar-refractivity contribution in [2.45, 2.75) is 57.2 Å². The summed E-state index contributed by atoms with van der Waals surface area (Å²) in [5.41, 5.74) is 0. The Bertz CT molecular complexity index is 749. The molecule has 2 aromatic rings. The first-order valence-electron chi connectivity index (χ1n) is 8.92. The predicted molar refractivity (Wildman–Crippen MR) is 88.9 cm³/mol. The summed E-state index contributed by atoms with van der Waals surface area (Å²) in [7, 11) is 0. The second-order valence-corrected chi connectivity index (χ2v) is 7.05. The van der Waals surface area contributed by atoms with Crippen LogP contribution in [0.3, 0.4) is 0 Å². The molecule has 1 amide bonds. The van der Waals surface area contributed by atoms with Crippen LogP contribution in [-0.4, -0.2) is 50.0 Å². The Morgan fingerprint density at radius 1 is 1.33 bits per heavy atom. The second-order valence-electron chi connectivity index (χ2n) is 7.05. The largest absolute Gasteiger partial charge is 0.411 e. The van der Waals surface area contributed by atoms with Gasteiger partial charge in [0.15, 0.2) is 11.9 Å². The summed E-state index contributed by atoms with van der Waals surface area (Å²) in [6.45, 7) is 4.65. The summed E-state index contributed by atoms with van der Waals surface area (Å²) in [5, 5.41) is 7.64. The summed E-state index contributed by atoms with van der Waals surface area (Å²) in [4.78, 5) is 18.3. The third-order valence-electron chi connectivity index (χ3n) is 4.75. The molecule has 0 radical (unpaired) electrons. The van der Waals surface area contributed by atoms with Gasteiger partial charge in [0, 0.05) is 37.3 Å². The number of alkyl halides is 3. The summed E-state index contributed by atoms with van der Waals surface area (Å²) in [6.07, 6.45) is -1.51. The fourth-order valence-electron chi connectivity index (χ4n) is 3.15. The van der Waals surface area contributed by atoms with Crippen LogP contribution < -0.4 is 0 Å². The quantitative estimate of drug-likeness (QED) is 0.789. The topological polar surface area (TPSA) is 77.1 Å². The highest BCUT2D eigenvalue weighted by molar-refractivity contribution is 5.76. The molecule has 1 aliphatic rings. The number of hydrogen-bond acceptors (Lipinski definition) is 5. The number of halogens is 3. The van der Waals surface area contributed by atoms with Crippen LogP contribution in [0, 0.1) is 0 Å². The third kappa shape index (κ3) is 4.48. The average Bonchev–Trinajstić information content (AvgIpc) is 3.30. The number of likely N-dealkylation sites (tertiary alicyclic amines) is 1. The van der Waals surface area contributed by atoms with Gasteiger partial charge in [-0.2, -0.15) is 23.3 Å². The van der Waals surface area contributed by atoms with Crippen LogP contribution in [-0.2, 0) is 4.79 Å². The Kier molecular flexibility index (Phi) is 5.52. The molecule has 1 aliphatic heterocycles. The van der Waals surface area contributed by atoms with Crippen molar-refractivity contribution in [3.8, 4) is 0 Å². The normalized spacial score (nSPS) is 17.5. The van der Waals surface area contributed by atoms with E-state index >= 15 is 0 Å². The number of amides is 1. The predicted octanol–water partition coefficient (Wildman–Crippen LogP) is 3.29. The Morgan fingerprint density at radius 3 is 2.56 bits per heavy atom. The highest BCUT2D eigenvalue weighted by Crippen LogP contribution is 2.34. The Hall–Kier alpha value is -2.39. The first-order chi connectivity index (χ1) is 12.8. The minimum absolute atomic E-state index is 0.0508. The Labute approximate surface area is 154 Å². The molecule has 1 fully saturated rings. The summed E-state index contributed by atoms with van der Waals surface area (Å²) < 4.78 is 45.9. The molecule has 3 rings (SSSR count). The standard InChI is InChI=1S/C17H22F3N5O2/c1-11(2)16-22-15(23-27-16)12-4-8-24(9-5-12)14(26)10-13(17(18,19)20)25-7-3-6-21-25/h3,6-7,11-13H,4-5,8-10H2,1-2H3. The van der Waals surface area contributed by atoms with Crippen LogP contribution in [0.1, 0.15) is 62.7 Å². The van der Waals surface area contributed by atoms with E-state index in [1.807, 2.05) is 13.8 Å². The van der Waals surface area contributed by atoms with Crippen molar-refractivity contribution in [1.82, 2.24) is 24.8 Å². The molecule has 7 nitrogen and oxygen atoms in total. The van der Waals surface area contributed by atoms with Gasteiger partial charge in [0.2, 0.25) is 11.8 Å². The van der Waals surface area contributed by atoms with Crippen molar-refractivity contribution in [2.75, 3.05) is 13.1 Å². The molecule has 0 aliphatic carbocycles. The van der Waals surface area contributed by atoms with Crippen molar-refractivity contribution in [3.63, 3.8) is 0 Å². The van der Waals surface area contributed by atoms with E-state index in [-0.39, 0.29) is 11.8 Å². The maximum absolute atomic E-state index is 13.3. The molecule has 1 saturated heterocycles. The maximum atomic E-state index is 13.3. The number of piperidine rings is 1. The molecule has 0 N–H and O–H groups in total. The minimum Gasteiger partial charge on any atom is -0.343 e. The van der Waals surface area contributed by atoms with E-state index in [1.54, 1.807) is 0 Å². The van der Waals surface area contributed by atoms with Gasteiger partial charge in [0.05, 0.1) is 6.42 Å². The van der Waals surface area contributed by atoms with Gasteiger partial charge in [-0.15, -0.1) is 0 Å². The number of rotatable bonds is 5. The van der Waals surface area contributed by atoms with Crippen LogP contribution in [0.25, 0.3) is 0 Å². The van der Waals surface area contributed by atoms with Crippen LogP contribution in [0.5, 0.6) is 0 Å². The Morgan fingerprint density at radius 2 is 2.04 bits per heavy atom. The number of aromatic nitrogens is 4. The smallest absolute Gasteiger partial charge is 0.343 e. The molecule has 27 heavy (non-hydrogen) atoms. The highest BCUT2D eigenvalue weighted by Gasteiger charge is 2.43. The van der Waals surface area contributed by atoms with Crippen LogP contribution in [0.15, 0.2) is 23.0 Å². The zero-order chi connectivity index (χ0) is 19.6.